The molecule has 70 valence electrons. The van der Waals surface area contributed by atoms with Gasteiger partial charge in [-0.25, -0.2) is 0 Å². The zero-order valence-corrected chi connectivity index (χ0v) is 8.40. The van der Waals surface area contributed by atoms with Gasteiger partial charge < -0.3 is 0 Å². The molecule has 1 rings (SSSR count). The van der Waals surface area contributed by atoms with Gasteiger partial charge in [0.2, 0.25) is 0 Å². The van der Waals surface area contributed by atoms with Crippen LogP contribution >= 0.6 is 0 Å². The van der Waals surface area contributed by atoms with Crippen molar-refractivity contribution in [1.29, 1.82) is 0 Å². The van der Waals surface area contributed by atoms with E-state index in [1.807, 2.05) is 61.6 Å². The molecule has 0 saturated carbocycles. The summed E-state index contributed by atoms with van der Waals surface area (Å²) in [5, 5.41) is 0. The Labute approximate surface area is 85.6 Å². The average molecular weight is 182 g/mol. The van der Waals surface area contributed by atoms with E-state index in [9.17, 15) is 0 Å². The molecule has 0 radical (unpaired) electrons. The lowest BCUT2D eigenvalue weighted by atomic mass is 10.1. The van der Waals surface area contributed by atoms with E-state index in [4.69, 9.17) is 0 Å². The molecule has 0 bridgehead atoms. The number of hydrogen-bond acceptors (Lipinski definition) is 0. The van der Waals surface area contributed by atoms with Crippen LogP contribution in [0.1, 0.15) is 12.5 Å². The number of hydrogen-bond donors (Lipinski definition) is 0. The van der Waals surface area contributed by atoms with Crippen LogP contribution in [-0.2, 0) is 0 Å². The minimum absolute atomic E-state index is 1.02. The van der Waals surface area contributed by atoms with Gasteiger partial charge in [0.05, 0.1) is 0 Å². The van der Waals surface area contributed by atoms with Crippen LogP contribution < -0.4 is 0 Å². The third-order valence-electron chi connectivity index (χ3n) is 1.84. The number of allylic oxidation sites excluding steroid dienone is 5. The zero-order chi connectivity index (χ0) is 10.2. The Balaban J connectivity index is 2.90. The molecule has 0 heterocycles. The van der Waals surface area contributed by atoms with Gasteiger partial charge in [-0.3, -0.25) is 0 Å². The van der Waals surface area contributed by atoms with E-state index in [1.54, 1.807) is 0 Å². The maximum atomic E-state index is 3.68. The molecular weight excluding hydrogens is 168 g/mol. The summed E-state index contributed by atoms with van der Waals surface area (Å²) in [6.07, 6.45) is 7.96. The van der Waals surface area contributed by atoms with E-state index in [-0.39, 0.29) is 0 Å². The molecule has 1 aromatic carbocycles. The third kappa shape index (κ3) is 2.93. The first-order valence-corrected chi connectivity index (χ1v) is 4.63. The third-order valence-corrected chi connectivity index (χ3v) is 1.84. The molecule has 0 spiro atoms. The smallest absolute Gasteiger partial charge is 0.0230 e. The lowest BCUT2D eigenvalue weighted by Crippen LogP contribution is -1.76. The predicted molar refractivity (Wildman–Crippen MR) is 62.9 cm³/mol. The van der Waals surface area contributed by atoms with Gasteiger partial charge in [0.25, 0.3) is 0 Å². The Morgan fingerprint density at radius 3 is 2.50 bits per heavy atom. The van der Waals surface area contributed by atoms with Crippen molar-refractivity contribution in [2.75, 3.05) is 0 Å². The summed E-state index contributed by atoms with van der Waals surface area (Å²) in [5.41, 5.74) is 5.08. The Hall–Kier alpha value is -1.78. The highest BCUT2D eigenvalue weighted by molar-refractivity contribution is 5.73. The van der Waals surface area contributed by atoms with E-state index in [2.05, 4.69) is 12.3 Å². The van der Waals surface area contributed by atoms with Gasteiger partial charge in [0.15, 0.2) is 0 Å². The van der Waals surface area contributed by atoms with Crippen LogP contribution in [0.4, 0.5) is 0 Å². The molecule has 0 amide bonds. The minimum Gasteiger partial charge on any atom is -0.120 e. The molecule has 0 atom stereocenters. The second-order valence-corrected chi connectivity index (χ2v) is 2.84. The van der Waals surface area contributed by atoms with Crippen molar-refractivity contribution < 1.29 is 0 Å². The molecule has 0 nitrogen and oxygen atoms in total. The van der Waals surface area contributed by atoms with Crippen molar-refractivity contribution in [2.45, 2.75) is 6.92 Å². The van der Waals surface area contributed by atoms with Gasteiger partial charge in [0.1, 0.15) is 0 Å². The first-order chi connectivity index (χ1) is 6.88. The second kappa shape index (κ2) is 5.80. The Kier molecular flexibility index (Phi) is 4.26. The molecule has 0 aliphatic rings. The molecule has 0 unspecified atom stereocenters. The van der Waals surface area contributed by atoms with Gasteiger partial charge >= 0.3 is 0 Å². The Bertz CT molecular complexity index is 374. The fraction of sp³-hybridized carbons (Fsp3) is 0.0714. The lowest BCUT2D eigenvalue weighted by molar-refractivity contribution is 1.62. The summed E-state index contributed by atoms with van der Waals surface area (Å²) in [5.74, 6) is 0. The summed E-state index contributed by atoms with van der Waals surface area (Å²) < 4.78 is 0. The molecule has 1 aromatic rings. The molecule has 14 heavy (non-hydrogen) atoms. The van der Waals surface area contributed by atoms with Gasteiger partial charge in [0, 0.05) is 5.57 Å². The summed E-state index contributed by atoms with van der Waals surface area (Å²) in [7, 11) is 0. The van der Waals surface area contributed by atoms with Gasteiger partial charge in [-0.15, -0.1) is 5.73 Å². The normalized spacial score (nSPS) is 10.6. The number of rotatable bonds is 3. The van der Waals surface area contributed by atoms with E-state index in [0.717, 1.165) is 11.1 Å². The molecule has 0 aliphatic carbocycles. The molecule has 0 fully saturated rings. The maximum absolute atomic E-state index is 3.68. The molecule has 0 N–H and O–H groups in total. The molecule has 0 saturated heterocycles. The van der Waals surface area contributed by atoms with Crippen LogP contribution in [0.25, 0.3) is 5.57 Å². The summed E-state index contributed by atoms with van der Waals surface area (Å²) in [6, 6.07) is 10.1. The van der Waals surface area contributed by atoms with Gasteiger partial charge in [-0.2, -0.15) is 0 Å². The maximum Gasteiger partial charge on any atom is 0.0230 e. The van der Waals surface area contributed by atoms with Crippen LogP contribution in [0, 0.1) is 0 Å². The average Bonchev–Trinajstić information content (AvgIpc) is 2.26. The molecular formula is C14H14. The summed E-state index contributed by atoms with van der Waals surface area (Å²) >= 11 is 0. The van der Waals surface area contributed by atoms with Crippen molar-refractivity contribution in [3.63, 3.8) is 0 Å². The number of benzene rings is 1. The Morgan fingerprint density at radius 1 is 1.21 bits per heavy atom. The largest absolute Gasteiger partial charge is 0.120 e. The predicted octanol–water partition coefficient (Wildman–Crippen LogP) is 3.99. The van der Waals surface area contributed by atoms with Crippen LogP contribution in [0.5, 0.6) is 0 Å². The fourth-order valence-electron chi connectivity index (χ4n) is 1.14. The highest BCUT2D eigenvalue weighted by atomic mass is 14.0. The van der Waals surface area contributed by atoms with Crippen LogP contribution in [-0.4, -0.2) is 0 Å². The second-order valence-electron chi connectivity index (χ2n) is 2.84. The highest BCUT2D eigenvalue weighted by Crippen LogP contribution is 2.13. The summed E-state index contributed by atoms with van der Waals surface area (Å²) in [6.45, 7) is 5.67. The van der Waals surface area contributed by atoms with Gasteiger partial charge in [-0.1, -0.05) is 55.1 Å². The molecule has 0 aromatic heterocycles. The van der Waals surface area contributed by atoms with Crippen molar-refractivity contribution in [3.8, 4) is 0 Å². The van der Waals surface area contributed by atoms with Crippen molar-refractivity contribution in [1.82, 2.24) is 0 Å². The lowest BCUT2D eigenvalue weighted by Gasteiger charge is -1.97. The SMILES string of the molecule is C=C=C(/C=C\C=C/C)c1ccccc1. The van der Waals surface area contributed by atoms with Gasteiger partial charge in [-0.05, 0) is 18.6 Å². The van der Waals surface area contributed by atoms with Crippen molar-refractivity contribution >= 4 is 5.57 Å². The van der Waals surface area contributed by atoms with Crippen LogP contribution in [0.3, 0.4) is 0 Å². The van der Waals surface area contributed by atoms with Crippen molar-refractivity contribution in [3.05, 3.63) is 72.5 Å². The van der Waals surface area contributed by atoms with E-state index in [1.165, 1.54) is 0 Å². The van der Waals surface area contributed by atoms with Crippen molar-refractivity contribution in [2.24, 2.45) is 0 Å². The standard InChI is InChI=1S/C14H14/c1-3-5-7-10-13(4-2)14-11-8-6-9-12-14/h3,5-12H,2H2,1H3/b5-3-,10-7-. The zero-order valence-electron chi connectivity index (χ0n) is 8.40. The first-order valence-electron chi connectivity index (χ1n) is 4.63. The molecule has 0 heteroatoms. The first kappa shape index (κ1) is 10.3. The minimum atomic E-state index is 1.02. The van der Waals surface area contributed by atoms with Crippen LogP contribution in [0.15, 0.2) is 66.9 Å². The van der Waals surface area contributed by atoms with E-state index >= 15 is 0 Å². The Morgan fingerprint density at radius 2 is 1.93 bits per heavy atom. The fourth-order valence-corrected chi connectivity index (χ4v) is 1.14. The summed E-state index contributed by atoms with van der Waals surface area (Å²) in [4.78, 5) is 0. The monoisotopic (exact) mass is 182 g/mol. The molecule has 0 aliphatic heterocycles. The quantitative estimate of drug-likeness (QED) is 0.490. The van der Waals surface area contributed by atoms with Crippen LogP contribution in [0.2, 0.25) is 0 Å². The van der Waals surface area contributed by atoms with E-state index < -0.39 is 0 Å². The topological polar surface area (TPSA) is 0 Å². The van der Waals surface area contributed by atoms with E-state index in [0.29, 0.717) is 0 Å². The highest BCUT2D eigenvalue weighted by Gasteiger charge is 1.92.